The zero-order chi connectivity index (χ0) is 20.6. The lowest BCUT2D eigenvalue weighted by molar-refractivity contribution is 0.281. The van der Waals surface area contributed by atoms with Crippen molar-refractivity contribution < 1.29 is 0 Å². The lowest BCUT2D eigenvalue weighted by Crippen LogP contribution is -2.24. The summed E-state index contributed by atoms with van der Waals surface area (Å²) in [5, 5.41) is 9.11. The second-order valence-corrected chi connectivity index (χ2v) is 9.45. The van der Waals surface area contributed by atoms with Gasteiger partial charge in [-0.25, -0.2) is 9.67 Å². The largest absolute Gasteiger partial charge is 0.324 e. The molecule has 2 bridgehead atoms. The molecule has 1 aromatic carbocycles. The number of anilines is 2. The minimum absolute atomic E-state index is 0.507. The van der Waals surface area contributed by atoms with E-state index in [0.717, 1.165) is 61.0 Å². The van der Waals surface area contributed by atoms with Crippen molar-refractivity contribution in [1.29, 1.82) is 0 Å². The van der Waals surface area contributed by atoms with E-state index in [0.29, 0.717) is 12.0 Å². The fraction of sp³-hybridized carbons (Fsp3) is 0.480. The molecule has 3 atom stereocenters. The Morgan fingerprint density at radius 1 is 0.968 bits per heavy atom. The first-order valence-electron chi connectivity index (χ1n) is 11.8. The zero-order valence-electron chi connectivity index (χ0n) is 18.0. The maximum absolute atomic E-state index is 4.85. The van der Waals surface area contributed by atoms with Gasteiger partial charge in [0.05, 0.1) is 17.6 Å². The van der Waals surface area contributed by atoms with Crippen LogP contribution in [0.4, 0.5) is 11.6 Å². The Balaban J connectivity index is 1.16. The summed E-state index contributed by atoms with van der Waals surface area (Å²) in [7, 11) is 0. The highest BCUT2D eigenvalue weighted by Crippen LogP contribution is 2.50. The van der Waals surface area contributed by atoms with Crippen molar-refractivity contribution in [3.05, 3.63) is 54.4 Å². The Labute approximate surface area is 183 Å². The summed E-state index contributed by atoms with van der Waals surface area (Å²) in [4.78, 5) is 11.9. The maximum Gasteiger partial charge on any atom is 0.229 e. The summed E-state index contributed by atoms with van der Waals surface area (Å²) in [6, 6.07) is 9.18. The van der Waals surface area contributed by atoms with Crippen LogP contribution in [0.15, 0.2) is 48.8 Å². The van der Waals surface area contributed by atoms with Crippen LogP contribution in [-0.2, 0) is 6.54 Å². The zero-order valence-corrected chi connectivity index (χ0v) is 18.0. The summed E-state index contributed by atoms with van der Waals surface area (Å²) in [6.45, 7) is 3.29. The Kier molecular flexibility index (Phi) is 4.95. The first-order valence-corrected chi connectivity index (χ1v) is 11.8. The number of rotatable bonds is 5. The van der Waals surface area contributed by atoms with Crippen molar-refractivity contribution in [2.75, 3.05) is 18.4 Å². The second-order valence-electron chi connectivity index (χ2n) is 9.45. The maximum atomic E-state index is 4.85. The van der Waals surface area contributed by atoms with Gasteiger partial charge in [0.2, 0.25) is 5.95 Å². The molecule has 6 rings (SSSR count). The van der Waals surface area contributed by atoms with Crippen LogP contribution in [0.3, 0.4) is 0 Å². The lowest BCUT2D eigenvalue weighted by atomic mass is 9.95. The smallest absolute Gasteiger partial charge is 0.229 e. The Hall–Kier alpha value is -2.73. The molecule has 3 heterocycles. The first kappa shape index (κ1) is 19.0. The number of benzene rings is 1. The molecule has 2 fully saturated rings. The van der Waals surface area contributed by atoms with E-state index in [-0.39, 0.29) is 0 Å². The number of nitrogens with one attached hydrogen (secondary N) is 1. The van der Waals surface area contributed by atoms with Crippen LogP contribution < -0.4 is 5.32 Å². The van der Waals surface area contributed by atoms with Crippen molar-refractivity contribution in [3.8, 4) is 0 Å². The van der Waals surface area contributed by atoms with E-state index in [1.54, 1.807) is 0 Å². The van der Waals surface area contributed by atoms with Gasteiger partial charge in [0.15, 0.2) is 5.65 Å². The molecular weight excluding hydrogens is 384 g/mol. The molecule has 6 heteroatoms. The number of nitrogens with zero attached hydrogens (tertiary/aromatic N) is 5. The van der Waals surface area contributed by atoms with Crippen molar-refractivity contribution in [2.45, 2.75) is 51.1 Å². The molecular formula is C25H30N6. The van der Waals surface area contributed by atoms with Gasteiger partial charge in [0.1, 0.15) is 0 Å². The number of fused-ring (bicyclic) bond motifs is 3. The molecule has 6 nitrogen and oxygen atoms in total. The third-order valence-corrected chi connectivity index (χ3v) is 7.36. The summed E-state index contributed by atoms with van der Waals surface area (Å²) in [5.74, 6) is 2.30. The molecule has 0 spiro atoms. The van der Waals surface area contributed by atoms with E-state index in [4.69, 9.17) is 10.1 Å². The Bertz CT molecular complexity index is 1080. The van der Waals surface area contributed by atoms with E-state index < -0.39 is 0 Å². The Morgan fingerprint density at radius 2 is 1.81 bits per heavy atom. The van der Waals surface area contributed by atoms with Crippen molar-refractivity contribution >= 4 is 22.7 Å². The van der Waals surface area contributed by atoms with Gasteiger partial charge in [-0.3, -0.25) is 4.90 Å². The predicted molar refractivity (Wildman–Crippen MR) is 123 cm³/mol. The van der Waals surface area contributed by atoms with Crippen LogP contribution >= 0.6 is 0 Å². The molecule has 3 aliphatic rings. The van der Waals surface area contributed by atoms with Gasteiger partial charge >= 0.3 is 0 Å². The third-order valence-electron chi connectivity index (χ3n) is 7.36. The molecule has 0 radical (unpaired) electrons. The van der Waals surface area contributed by atoms with Crippen molar-refractivity contribution in [1.82, 2.24) is 24.6 Å². The molecule has 2 unspecified atom stereocenters. The fourth-order valence-electron chi connectivity index (χ4n) is 5.75. The van der Waals surface area contributed by atoms with Gasteiger partial charge in [0.25, 0.3) is 0 Å². The SMILES string of the molecule is C1=CCCN(Cc2ccc(Nc3ncc4cnn(C5C[C@@H]6CCC5C6)c4n3)cc2)CC1. The standard InChI is InChI=1S/C25H30N6/c1-2-4-12-30(11-3-1)17-18-6-9-22(10-7-18)28-25-26-15-21-16-27-31(24(21)29-25)23-14-19-5-8-20(23)13-19/h1-2,6-7,9-10,15-16,19-20,23H,3-5,8,11-14,17H2,(H,26,28,29)/t19-,20?,23?/m1/s1. The number of hydrogen-bond donors (Lipinski definition) is 1. The van der Waals surface area contributed by atoms with Crippen LogP contribution in [0, 0.1) is 11.8 Å². The molecule has 2 saturated carbocycles. The summed E-state index contributed by atoms with van der Waals surface area (Å²) in [6.07, 6.45) is 16.1. The number of aromatic nitrogens is 4. The predicted octanol–water partition coefficient (Wildman–Crippen LogP) is 5.08. The summed E-state index contributed by atoms with van der Waals surface area (Å²) >= 11 is 0. The van der Waals surface area contributed by atoms with Gasteiger partial charge in [0, 0.05) is 31.5 Å². The van der Waals surface area contributed by atoms with Gasteiger partial charge < -0.3 is 5.32 Å². The highest BCUT2D eigenvalue weighted by molar-refractivity contribution is 5.75. The Morgan fingerprint density at radius 3 is 2.55 bits per heavy atom. The fourth-order valence-corrected chi connectivity index (χ4v) is 5.75. The average Bonchev–Trinajstić information content (AvgIpc) is 3.47. The average molecular weight is 415 g/mol. The van der Waals surface area contributed by atoms with Crippen LogP contribution in [0.2, 0.25) is 0 Å². The molecule has 0 saturated heterocycles. The van der Waals surface area contributed by atoms with E-state index in [9.17, 15) is 0 Å². The minimum atomic E-state index is 0.507. The van der Waals surface area contributed by atoms with E-state index >= 15 is 0 Å². The van der Waals surface area contributed by atoms with Gasteiger partial charge in [-0.15, -0.1) is 0 Å². The molecule has 1 N–H and O–H groups in total. The summed E-state index contributed by atoms with van der Waals surface area (Å²) in [5.41, 5.74) is 3.33. The minimum Gasteiger partial charge on any atom is -0.324 e. The van der Waals surface area contributed by atoms with Gasteiger partial charge in [-0.2, -0.15) is 10.1 Å². The second kappa shape index (κ2) is 8.08. The third kappa shape index (κ3) is 3.85. The van der Waals surface area contributed by atoms with Crippen LogP contribution in [0.25, 0.3) is 11.0 Å². The first-order chi connectivity index (χ1) is 15.3. The van der Waals surface area contributed by atoms with Crippen molar-refractivity contribution in [3.63, 3.8) is 0 Å². The highest BCUT2D eigenvalue weighted by Gasteiger charge is 2.41. The molecule has 3 aromatic rings. The van der Waals surface area contributed by atoms with E-state index in [1.165, 1.54) is 31.2 Å². The highest BCUT2D eigenvalue weighted by atomic mass is 15.3. The van der Waals surface area contributed by atoms with Crippen molar-refractivity contribution in [2.24, 2.45) is 11.8 Å². The lowest BCUT2D eigenvalue weighted by Gasteiger charge is -2.22. The molecule has 2 aromatic heterocycles. The van der Waals surface area contributed by atoms with Crippen LogP contribution in [0.5, 0.6) is 0 Å². The molecule has 160 valence electrons. The van der Waals surface area contributed by atoms with Crippen LogP contribution in [-0.4, -0.2) is 37.7 Å². The van der Waals surface area contributed by atoms with E-state index in [1.807, 2.05) is 12.4 Å². The molecule has 0 amide bonds. The topological polar surface area (TPSA) is 58.9 Å². The molecule has 31 heavy (non-hydrogen) atoms. The normalized spacial score (nSPS) is 25.9. The quantitative estimate of drug-likeness (QED) is 0.590. The van der Waals surface area contributed by atoms with E-state index in [2.05, 4.69) is 56.3 Å². The van der Waals surface area contributed by atoms with Crippen LogP contribution in [0.1, 0.15) is 50.1 Å². The molecule has 2 aliphatic carbocycles. The monoisotopic (exact) mass is 414 g/mol. The van der Waals surface area contributed by atoms with Gasteiger partial charge in [-0.05, 0) is 61.6 Å². The summed E-state index contributed by atoms with van der Waals surface area (Å²) < 4.78 is 2.17. The number of hydrogen-bond acceptors (Lipinski definition) is 5. The molecule has 1 aliphatic heterocycles. The van der Waals surface area contributed by atoms with Gasteiger partial charge in [-0.1, -0.05) is 30.7 Å².